The molecule has 2 bridgehead atoms. The molecule has 0 aromatic rings. The van der Waals surface area contributed by atoms with Crippen molar-refractivity contribution in [3.8, 4) is 0 Å². The Labute approximate surface area is 97.1 Å². The summed E-state index contributed by atoms with van der Waals surface area (Å²) in [5.41, 5.74) is 1.12. The van der Waals surface area contributed by atoms with Crippen LogP contribution in [0.2, 0.25) is 9.44 Å². The molecular formula is C11H19BrOTe. The summed E-state index contributed by atoms with van der Waals surface area (Å²) in [6, 6.07) is 0. The normalized spacial score (nSPS) is 63.7. The van der Waals surface area contributed by atoms with Gasteiger partial charge in [0.2, 0.25) is 0 Å². The molecule has 0 amide bonds. The average Bonchev–Trinajstić information content (AvgIpc) is 2.50. The van der Waals surface area contributed by atoms with Crippen LogP contribution in [0.3, 0.4) is 0 Å². The second kappa shape index (κ2) is 2.73. The molecule has 1 nitrogen and oxygen atoms in total. The van der Waals surface area contributed by atoms with E-state index in [4.69, 9.17) is 3.10 Å². The molecule has 4 atom stereocenters. The summed E-state index contributed by atoms with van der Waals surface area (Å²) >= 11 is 1.91. The fourth-order valence-electron chi connectivity index (χ4n) is 4.21. The summed E-state index contributed by atoms with van der Waals surface area (Å²) in [5, 5.41) is 0. The van der Waals surface area contributed by atoms with Crippen LogP contribution in [0.25, 0.3) is 0 Å². The zero-order valence-electron chi connectivity index (χ0n) is 9.18. The molecule has 14 heavy (non-hydrogen) atoms. The first-order chi connectivity index (χ1) is 6.37. The second-order valence-corrected chi connectivity index (χ2v) is 21.7. The van der Waals surface area contributed by atoms with Gasteiger partial charge in [-0.15, -0.1) is 0 Å². The van der Waals surface area contributed by atoms with Gasteiger partial charge in [0.05, 0.1) is 0 Å². The number of hydrogen-bond acceptors (Lipinski definition) is 1. The predicted molar refractivity (Wildman–Crippen MR) is 63.8 cm³/mol. The third-order valence-corrected chi connectivity index (χ3v) is 12.5. The van der Waals surface area contributed by atoms with Crippen LogP contribution in [0.1, 0.15) is 33.1 Å². The number of hydrogen-bond donors (Lipinski definition) is 0. The van der Waals surface area contributed by atoms with Crippen molar-refractivity contribution in [1.29, 1.82) is 0 Å². The number of halogens is 1. The van der Waals surface area contributed by atoms with Crippen molar-refractivity contribution in [3.63, 3.8) is 0 Å². The summed E-state index contributed by atoms with van der Waals surface area (Å²) in [6.45, 7) is 4.98. The fraction of sp³-hybridized carbons (Fsp3) is 1.00. The molecule has 1 aliphatic heterocycles. The fourth-order valence-corrected chi connectivity index (χ4v) is 15.1. The Morgan fingerprint density at radius 1 is 1.43 bits per heavy atom. The topological polar surface area (TPSA) is 9.23 Å². The van der Waals surface area contributed by atoms with Crippen molar-refractivity contribution >= 4 is 29.1 Å². The van der Waals surface area contributed by atoms with Gasteiger partial charge < -0.3 is 0 Å². The van der Waals surface area contributed by atoms with Crippen molar-refractivity contribution < 1.29 is 3.10 Å². The minimum absolute atomic E-state index is 0.551. The summed E-state index contributed by atoms with van der Waals surface area (Å²) < 4.78 is 7.73. The van der Waals surface area contributed by atoms with E-state index in [0.29, 0.717) is 16.9 Å². The van der Waals surface area contributed by atoms with Crippen molar-refractivity contribution in [2.45, 2.75) is 48.7 Å². The van der Waals surface area contributed by atoms with Gasteiger partial charge in [-0.05, 0) is 0 Å². The van der Waals surface area contributed by atoms with Gasteiger partial charge in [0.1, 0.15) is 0 Å². The molecule has 0 radical (unpaired) electrons. The zero-order chi connectivity index (χ0) is 10.2. The molecule has 3 rings (SSSR count). The van der Waals surface area contributed by atoms with Gasteiger partial charge in [0.25, 0.3) is 0 Å². The molecule has 3 fully saturated rings. The van der Waals surface area contributed by atoms with E-state index < -0.39 is 16.4 Å². The molecule has 0 aromatic carbocycles. The average molecular weight is 375 g/mol. The minimum atomic E-state index is -2.00. The molecule has 1 saturated heterocycles. The summed E-state index contributed by atoms with van der Waals surface area (Å²) in [6.07, 6.45) is 4.85. The maximum absolute atomic E-state index is 6.34. The Kier molecular flexibility index (Phi) is 2.02. The van der Waals surface area contributed by atoms with E-state index in [1.54, 1.807) is 0 Å². The third kappa shape index (κ3) is 1.06. The summed E-state index contributed by atoms with van der Waals surface area (Å²) in [5.74, 6) is 0.943. The van der Waals surface area contributed by atoms with Gasteiger partial charge in [0.15, 0.2) is 0 Å². The van der Waals surface area contributed by atoms with E-state index in [9.17, 15) is 0 Å². The van der Waals surface area contributed by atoms with Gasteiger partial charge in [0, 0.05) is 0 Å². The van der Waals surface area contributed by atoms with Crippen LogP contribution in [0.4, 0.5) is 0 Å². The molecule has 82 valence electrons. The van der Waals surface area contributed by atoms with Crippen molar-refractivity contribution in [1.82, 2.24) is 0 Å². The first-order valence-electron chi connectivity index (χ1n) is 5.51. The first kappa shape index (κ1) is 10.4. The standard InChI is InChI=1S/C11H19BrOTe/c1-10(2)8-4-5-11(10)7-14(3,12)13-9(11)6-8/h8-9H,4-7H2,1-3H3/t8-,9-,11-/m1/s1. The van der Waals surface area contributed by atoms with Gasteiger partial charge in [-0.1, -0.05) is 0 Å². The molecule has 2 aliphatic carbocycles. The van der Waals surface area contributed by atoms with Gasteiger partial charge >= 0.3 is 97.6 Å². The molecule has 1 spiro atoms. The number of fused-ring (bicyclic) bond motifs is 1. The van der Waals surface area contributed by atoms with Gasteiger partial charge in [-0.2, -0.15) is 0 Å². The van der Waals surface area contributed by atoms with E-state index in [2.05, 4.69) is 31.6 Å². The van der Waals surface area contributed by atoms with Crippen molar-refractivity contribution in [2.75, 3.05) is 0 Å². The Balaban J connectivity index is 2.04. The maximum atomic E-state index is 6.34. The van der Waals surface area contributed by atoms with Crippen LogP contribution < -0.4 is 0 Å². The van der Waals surface area contributed by atoms with Crippen LogP contribution in [0.15, 0.2) is 0 Å². The first-order valence-corrected chi connectivity index (χ1v) is 15.7. The van der Waals surface area contributed by atoms with Crippen LogP contribution >= 0.6 is 12.8 Å². The Morgan fingerprint density at radius 3 is 2.71 bits per heavy atom. The molecule has 3 aliphatic rings. The molecule has 1 heterocycles. The van der Waals surface area contributed by atoms with Gasteiger partial charge in [-0.25, -0.2) is 0 Å². The zero-order valence-corrected chi connectivity index (χ0v) is 13.1. The Morgan fingerprint density at radius 2 is 2.14 bits per heavy atom. The predicted octanol–water partition coefficient (Wildman–Crippen LogP) is 3.68. The van der Waals surface area contributed by atoms with Crippen LogP contribution in [-0.2, 0) is 3.10 Å². The second-order valence-electron chi connectivity index (χ2n) is 5.98. The monoisotopic (exact) mass is 376 g/mol. The molecular weight excluding hydrogens is 356 g/mol. The van der Waals surface area contributed by atoms with Crippen molar-refractivity contribution in [3.05, 3.63) is 0 Å². The summed E-state index contributed by atoms with van der Waals surface area (Å²) in [4.78, 5) is 2.37. The molecule has 0 N–H and O–H groups in total. The van der Waals surface area contributed by atoms with E-state index >= 15 is 0 Å². The van der Waals surface area contributed by atoms with E-state index in [0.717, 1.165) is 5.92 Å². The molecule has 3 heteroatoms. The van der Waals surface area contributed by atoms with E-state index in [1.807, 2.05) is 0 Å². The van der Waals surface area contributed by atoms with Crippen molar-refractivity contribution in [2.24, 2.45) is 16.7 Å². The Hall–Kier alpha value is 1.23. The molecule has 0 aromatic heterocycles. The van der Waals surface area contributed by atoms with Crippen LogP contribution in [0.5, 0.6) is 0 Å². The summed E-state index contributed by atoms with van der Waals surface area (Å²) in [7, 11) is 0. The van der Waals surface area contributed by atoms with E-state index in [1.165, 1.54) is 23.7 Å². The molecule has 1 unspecified atom stereocenters. The third-order valence-electron chi connectivity index (χ3n) is 5.19. The Bertz CT molecular complexity index is 289. The number of rotatable bonds is 0. The van der Waals surface area contributed by atoms with Gasteiger partial charge in [-0.3, -0.25) is 0 Å². The van der Waals surface area contributed by atoms with Crippen LogP contribution in [-0.4, -0.2) is 22.5 Å². The quantitative estimate of drug-likeness (QED) is 0.588. The van der Waals surface area contributed by atoms with Crippen LogP contribution in [0, 0.1) is 16.7 Å². The SMILES string of the molecule is CC1(C)[C@@H]2CC[C@]13C[Te](C)(Br)O[C@@H]3C2. The molecule has 2 saturated carbocycles. The van der Waals surface area contributed by atoms with E-state index in [-0.39, 0.29) is 0 Å².